The monoisotopic (exact) mass is 2100 g/mol. The average molecular weight is 2100 g/mol. The standard InChI is InChI=1S/C45H55N12O8PSSi.C24H32N5O4PSSi.C23H32N6O4Si.C3H5NO.CH4/c1-27-28(2)43(56-25-51-34-37(47-23-49-39(34)56)53-41(59)29-15-10-8-11-16-29)64-32(27)22-62-66(67,61-20-14-19-46)55-33-31(21-58)63-44(36(33)65-68(6,7)45(3,4)5)57-26-52-35-38(48-24-50-40(35)57)54-42(60)30-17-12-9-13-18-30;1-15-17(12-31-34-35)32-23(19(15)33-36(5,6)24(2,3)4)29-14-27-18-20(25-13-26-21(18)29)28-22(30)16-10-8-7-9-11-16;1-23(2,3)34(4,5)33-18-16(24)15(11-30)32-22(18)29-13-27-17-19(25-12-26-20(17)29)28-21(31)14-9-7-6-8-10-14;4-2-1-3-5;/h8-13,15-18,23-28,31-33,36,43-44,58H,14,20-22H2,1-7H3,(H,55,67)(H,47,49,53,59)(H,48,50,54,60);7-11,13-15,17,19,23H,12H2,1-6H3,(H,25,26,28,30);6-10,12-13,15-16,18,22,30H,11,24H2,1-5H3,(H,25,26,28,31);5H,1,3H2;1H4/t27-,28+,31+,32+,33+,36+,43+,44+,66?;15-,17-,19-,23-;15-,16-,18-,22-;;/m011../s1. The van der Waals surface area contributed by atoms with Gasteiger partial charge in [-0.2, -0.15) is 10.5 Å². The fourth-order valence-electron chi connectivity index (χ4n) is 15.6. The maximum atomic E-state index is 13.2. The van der Waals surface area contributed by atoms with Gasteiger partial charge in [0, 0.05) is 34.1 Å². The second-order valence-corrected chi connectivity index (χ2v) is 57.8. The highest BCUT2D eigenvalue weighted by Crippen LogP contribution is 2.53. The maximum Gasteiger partial charge on any atom is 0.261 e. The molecule has 4 aliphatic rings. The predicted molar refractivity (Wildman–Crippen MR) is 558 cm³/mol. The quantitative estimate of drug-likeness (QED) is 0.0107. The largest absolute Gasteiger partial charge is 0.409 e. The van der Waals surface area contributed by atoms with Crippen LogP contribution in [0, 0.1) is 40.4 Å². The van der Waals surface area contributed by atoms with Crippen LogP contribution in [0.1, 0.15) is 170 Å². The molecule has 4 aromatic carbocycles. The molecule has 1 unspecified atom stereocenters. The molecule has 17 atom stereocenters. The van der Waals surface area contributed by atoms with Gasteiger partial charge in [0.05, 0.1) is 120 Å². The van der Waals surface area contributed by atoms with E-state index in [4.69, 9.17) is 85.5 Å². The molecular formula is C96H128N24O17P2S2Si3. The summed E-state index contributed by atoms with van der Waals surface area (Å²) in [4.78, 5) is 105. The fourth-order valence-corrected chi connectivity index (χ4v) is 22.3. The van der Waals surface area contributed by atoms with Crippen molar-refractivity contribution in [2.45, 2.75) is 237 Å². The van der Waals surface area contributed by atoms with E-state index in [9.17, 15) is 34.7 Å². The molecule has 4 saturated heterocycles. The third kappa shape index (κ3) is 25.7. The SMILES string of the molecule is C.CC(C)(C)[Si](C)(C)O[C@@H]1[C@H](N)[C@@H](CO)O[C@H]1n1cnc2c(NC(=O)c3ccccc3)ncnc21.C[C@@H]1[C@H](C)[C@@H](COP(=S)(N[C@H]2[C@@H](O[Si](C)(C)C(C)(C)C)[C@H](n3cnc4c(NC(=O)c5ccccc5)ncnc43)O[C@@H]2CO)OCCC#N)O[C@H]1n1cnc2c(NC(=O)c3ccccc3)ncnc21.C[C@H]1[C@@H](O[Si](C)(C)C(C)(C)C)[C@H](n2cnc3c(NC(=O)c4ccccc4)ncnc32)O[C@@H]1COP=S.N#CCCO. The molecule has 48 heteroatoms. The van der Waals surface area contributed by atoms with Crippen LogP contribution in [0.3, 0.4) is 0 Å². The van der Waals surface area contributed by atoms with Crippen LogP contribution in [0.25, 0.3) is 44.7 Å². The van der Waals surface area contributed by atoms with Gasteiger partial charge in [-0.05, 0) is 132 Å². The van der Waals surface area contributed by atoms with Crippen molar-refractivity contribution in [1.82, 2.24) is 83.2 Å². The number of anilines is 4. The number of hydrogen-bond donors (Lipinski definition) is 9. The van der Waals surface area contributed by atoms with Gasteiger partial charge in [0.1, 0.15) is 63.5 Å². The highest BCUT2D eigenvalue weighted by molar-refractivity contribution is 8.09. The summed E-state index contributed by atoms with van der Waals surface area (Å²) in [6.45, 7) is 34.8. The minimum atomic E-state index is -3.54. The molecule has 4 amide bonds. The number of nitriles is 2. The number of ether oxygens (including phenoxy) is 4. The number of benzene rings is 4. The molecule has 4 aliphatic heterocycles. The van der Waals surface area contributed by atoms with Crippen LogP contribution < -0.4 is 32.1 Å². The Hall–Kier alpha value is -10.8. The second-order valence-electron chi connectivity index (χ2n) is 39.5. The molecule has 0 saturated carbocycles. The molecule has 0 radical (unpaired) electrons. The van der Waals surface area contributed by atoms with Crippen molar-refractivity contribution in [2.75, 3.05) is 60.9 Å². The third-order valence-corrected chi connectivity index (χ3v) is 43.6. The molecule has 12 aromatic rings. The van der Waals surface area contributed by atoms with E-state index >= 15 is 0 Å². The van der Waals surface area contributed by atoms with Crippen molar-refractivity contribution < 1.29 is 80.3 Å². The number of aliphatic hydroxyl groups is 3. The minimum absolute atomic E-state index is 0. The van der Waals surface area contributed by atoms with Gasteiger partial charge < -0.3 is 88.1 Å². The topological polar surface area (TPSA) is 529 Å². The van der Waals surface area contributed by atoms with Crippen molar-refractivity contribution in [3.63, 3.8) is 0 Å². The van der Waals surface area contributed by atoms with E-state index in [1.165, 1.54) is 25.3 Å². The first-order valence-electron chi connectivity index (χ1n) is 46.7. The molecular weight excluding hydrogens is 1970 g/mol. The van der Waals surface area contributed by atoms with Crippen molar-refractivity contribution >= 4 is 154 Å². The van der Waals surface area contributed by atoms with Crippen LogP contribution in [-0.4, -0.2) is 236 Å². The number of aliphatic hydroxyl groups excluding tert-OH is 3. The number of nitrogens with one attached hydrogen (secondary N) is 5. The molecule has 12 heterocycles. The maximum absolute atomic E-state index is 13.2. The van der Waals surface area contributed by atoms with Gasteiger partial charge in [-0.1, -0.05) is 163 Å². The number of hydrogen-bond acceptors (Lipinski definition) is 34. The third-order valence-electron chi connectivity index (χ3n) is 27.0. The van der Waals surface area contributed by atoms with E-state index in [2.05, 4.69) is 215 Å². The van der Waals surface area contributed by atoms with Gasteiger partial charge in [0.15, 0.2) is 112 Å². The minimum Gasteiger partial charge on any atom is -0.409 e. The van der Waals surface area contributed by atoms with E-state index in [-0.39, 0.29) is 127 Å². The summed E-state index contributed by atoms with van der Waals surface area (Å²) in [5, 5.41) is 60.4. The zero-order valence-corrected chi connectivity index (χ0v) is 89.4. The molecule has 0 aliphatic carbocycles. The van der Waals surface area contributed by atoms with Crippen LogP contribution in [0.2, 0.25) is 54.4 Å². The Labute approximate surface area is 851 Å². The van der Waals surface area contributed by atoms with Crippen molar-refractivity contribution in [2.24, 2.45) is 23.5 Å². The Kier molecular flexibility index (Phi) is 37.5. The molecule has 10 N–H and O–H groups in total. The Morgan fingerprint density at radius 2 is 0.764 bits per heavy atom. The lowest BCUT2D eigenvalue weighted by atomic mass is 9.93. The normalized spacial score (nSPS) is 22.8. The van der Waals surface area contributed by atoms with Gasteiger partial charge >= 0.3 is 0 Å². The van der Waals surface area contributed by atoms with E-state index in [0.29, 0.717) is 92.7 Å². The van der Waals surface area contributed by atoms with E-state index in [1.807, 2.05) is 45.5 Å². The number of fused-ring (bicyclic) bond motifs is 4. The Morgan fingerprint density at radius 3 is 1.10 bits per heavy atom. The van der Waals surface area contributed by atoms with Crippen LogP contribution in [-0.2, 0) is 69.4 Å². The molecule has 768 valence electrons. The number of nitrogens with zero attached hydrogens (tertiary/aromatic N) is 18. The first-order chi connectivity index (χ1) is 68.0. The number of aromatic nitrogens is 16. The summed E-state index contributed by atoms with van der Waals surface area (Å²) >= 11 is 11.2. The smallest absolute Gasteiger partial charge is 0.261 e. The van der Waals surface area contributed by atoms with Gasteiger partial charge in [-0.25, -0.2) is 64.9 Å². The molecule has 144 heavy (non-hydrogen) atoms. The van der Waals surface area contributed by atoms with Gasteiger partial charge in [-0.3, -0.25) is 37.4 Å². The fraction of sp³-hybridized carbons (Fsp3) is 0.479. The molecule has 4 fully saturated rings. The number of carbonyl (C=O) groups is 4. The number of imidazole rings is 4. The van der Waals surface area contributed by atoms with Crippen molar-refractivity contribution in [3.8, 4) is 12.1 Å². The summed E-state index contributed by atoms with van der Waals surface area (Å²) in [5.74, 6) is -0.221. The first kappa shape index (κ1) is 112. The zero-order valence-electron chi connectivity index (χ0n) is 83.0. The van der Waals surface area contributed by atoms with Gasteiger partial charge in [-0.15, -0.1) is 0 Å². The summed E-state index contributed by atoms with van der Waals surface area (Å²) in [6, 6.07) is 38.0. The molecule has 0 spiro atoms. The van der Waals surface area contributed by atoms with Crippen LogP contribution >= 0.6 is 14.2 Å². The van der Waals surface area contributed by atoms with Gasteiger partial charge in [0.25, 0.3) is 30.3 Å². The summed E-state index contributed by atoms with van der Waals surface area (Å²) < 4.78 is 72.3. The molecule has 16 rings (SSSR count). The number of rotatable bonds is 32. The van der Waals surface area contributed by atoms with E-state index in [1.54, 1.807) is 125 Å². The number of nitrogens with two attached hydrogens (primary N) is 1. The second kappa shape index (κ2) is 48.2. The van der Waals surface area contributed by atoms with Gasteiger partial charge in [0.2, 0.25) is 0 Å². The van der Waals surface area contributed by atoms with Crippen molar-refractivity contribution in [1.29, 1.82) is 10.5 Å². The molecule has 0 bridgehead atoms. The lowest BCUT2D eigenvalue weighted by molar-refractivity contribution is -0.0464. The van der Waals surface area contributed by atoms with Crippen molar-refractivity contribution in [3.05, 3.63) is 194 Å². The van der Waals surface area contributed by atoms with E-state index in [0.717, 1.165) is 0 Å². The molecule has 8 aromatic heterocycles. The predicted octanol–water partition coefficient (Wildman–Crippen LogP) is 15.3. The lowest BCUT2D eigenvalue weighted by Crippen LogP contribution is -2.52. The Balaban J connectivity index is 0.000000204. The number of amides is 4. The summed E-state index contributed by atoms with van der Waals surface area (Å²) in [7, 11) is -6.52. The highest BCUT2D eigenvalue weighted by Gasteiger charge is 2.56. The first-order valence-corrected chi connectivity index (χ1v) is 59.9. The van der Waals surface area contributed by atoms with Crippen LogP contribution in [0.5, 0.6) is 0 Å². The summed E-state index contributed by atoms with van der Waals surface area (Å²) in [5.41, 5.74) is 11.9. The van der Waals surface area contributed by atoms with E-state index < -0.39 is 106 Å². The highest BCUT2D eigenvalue weighted by atomic mass is 32.5. The Bertz CT molecular complexity index is 6540. The Morgan fingerprint density at radius 1 is 0.444 bits per heavy atom. The van der Waals surface area contributed by atoms with Crippen LogP contribution in [0.15, 0.2) is 172 Å². The zero-order chi connectivity index (χ0) is 103. The average Bonchev–Trinajstić information content (AvgIpc) is 1.62. The summed E-state index contributed by atoms with van der Waals surface area (Å²) in [6.07, 6.45) is 5.96. The van der Waals surface area contributed by atoms with Crippen LogP contribution in [0.4, 0.5) is 23.3 Å². The number of carbonyl (C=O) groups excluding carboxylic acids is 4. The molecule has 41 nitrogen and oxygen atoms in total. The lowest BCUT2D eigenvalue weighted by Gasteiger charge is -2.41.